The van der Waals surface area contributed by atoms with Gasteiger partial charge in [-0.25, -0.2) is 4.79 Å². The number of aliphatic hydroxyl groups is 1. The van der Waals surface area contributed by atoms with Gasteiger partial charge in [-0.1, -0.05) is 0 Å². The van der Waals surface area contributed by atoms with Gasteiger partial charge in [-0.2, -0.15) is 4.98 Å². The van der Waals surface area contributed by atoms with Crippen molar-refractivity contribution in [1.82, 2.24) is 19.1 Å². The number of hydrogen-bond acceptors (Lipinski definition) is 5. The lowest BCUT2D eigenvalue weighted by atomic mass is 10.5. The lowest BCUT2D eigenvalue weighted by molar-refractivity contribution is 0.193. The van der Waals surface area contributed by atoms with E-state index in [-0.39, 0.29) is 11.2 Å². The summed E-state index contributed by atoms with van der Waals surface area (Å²) in [6.45, 7) is 1.57. The van der Waals surface area contributed by atoms with Crippen molar-refractivity contribution in [3.63, 3.8) is 0 Å². The minimum Gasteiger partial charge on any atom is -0.374 e. The average molecular weight is 253 g/mol. The Kier molecular flexibility index (Phi) is 2.74. The molecule has 2 heterocycles. The normalized spacial score (nSPS) is 12.9. The minimum absolute atomic E-state index is 0.238. The Balaban J connectivity index is 2.81. The van der Waals surface area contributed by atoms with Gasteiger partial charge in [-0.15, -0.1) is 0 Å². The summed E-state index contributed by atoms with van der Waals surface area (Å²) in [6.07, 6.45) is -0.758. The number of aryl methyl sites for hydroxylation is 1. The summed E-state index contributed by atoms with van der Waals surface area (Å²) in [4.78, 5) is 32.1. The number of nitrogens with zero attached hydrogens (tertiary/aromatic N) is 4. The molecule has 18 heavy (non-hydrogen) atoms. The van der Waals surface area contributed by atoms with E-state index >= 15 is 0 Å². The van der Waals surface area contributed by atoms with Gasteiger partial charge in [0, 0.05) is 21.1 Å². The van der Waals surface area contributed by atoms with Crippen LogP contribution in [0.3, 0.4) is 0 Å². The molecule has 2 rings (SSSR count). The van der Waals surface area contributed by atoms with Gasteiger partial charge in [0.25, 0.3) is 5.56 Å². The average Bonchev–Trinajstić information content (AvgIpc) is 2.77. The van der Waals surface area contributed by atoms with Crippen LogP contribution >= 0.6 is 0 Å². The highest BCUT2D eigenvalue weighted by Crippen LogP contribution is 2.13. The molecule has 2 aromatic heterocycles. The van der Waals surface area contributed by atoms with Crippen molar-refractivity contribution >= 4 is 17.1 Å². The van der Waals surface area contributed by atoms with Gasteiger partial charge in [0.2, 0.25) is 5.95 Å². The van der Waals surface area contributed by atoms with E-state index in [2.05, 4.69) is 9.97 Å². The summed E-state index contributed by atoms with van der Waals surface area (Å²) in [7, 11) is 4.57. The van der Waals surface area contributed by atoms with Gasteiger partial charge in [0.05, 0.1) is 0 Å². The topological polar surface area (TPSA) is 96.2 Å². The highest BCUT2D eigenvalue weighted by molar-refractivity contribution is 5.72. The molecule has 0 fully saturated rings. The van der Waals surface area contributed by atoms with Crippen molar-refractivity contribution in [2.45, 2.75) is 13.2 Å². The molecule has 8 nitrogen and oxygen atoms in total. The molecule has 0 saturated heterocycles. The second-order valence-electron chi connectivity index (χ2n) is 4.21. The van der Waals surface area contributed by atoms with Gasteiger partial charge in [0.15, 0.2) is 11.2 Å². The molecule has 1 unspecified atom stereocenters. The largest absolute Gasteiger partial charge is 0.374 e. The van der Waals surface area contributed by atoms with Crippen LogP contribution < -0.4 is 16.1 Å². The molecular formula is C10H15N5O3. The van der Waals surface area contributed by atoms with Crippen LogP contribution in [0.25, 0.3) is 11.2 Å². The number of aromatic amines is 1. The van der Waals surface area contributed by atoms with Gasteiger partial charge < -0.3 is 15.0 Å². The van der Waals surface area contributed by atoms with Crippen LogP contribution in [-0.2, 0) is 14.1 Å². The molecule has 0 aromatic carbocycles. The van der Waals surface area contributed by atoms with Gasteiger partial charge >= 0.3 is 5.69 Å². The molecule has 0 aliphatic carbocycles. The fraction of sp³-hybridized carbons (Fsp3) is 0.500. The number of nitrogens with one attached hydrogen (secondary N) is 1. The molecule has 0 amide bonds. The van der Waals surface area contributed by atoms with Crippen LogP contribution in [0.1, 0.15) is 6.92 Å². The maximum absolute atomic E-state index is 11.9. The summed E-state index contributed by atoms with van der Waals surface area (Å²) >= 11 is 0. The zero-order valence-corrected chi connectivity index (χ0v) is 10.6. The highest BCUT2D eigenvalue weighted by Gasteiger charge is 2.16. The predicted molar refractivity (Wildman–Crippen MR) is 66.7 cm³/mol. The Hall–Kier alpha value is -2.09. The van der Waals surface area contributed by atoms with Crippen LogP contribution in [0.2, 0.25) is 0 Å². The minimum atomic E-state index is -0.758. The maximum Gasteiger partial charge on any atom is 0.332 e. The quantitative estimate of drug-likeness (QED) is 0.651. The van der Waals surface area contributed by atoms with Gasteiger partial charge in [-0.3, -0.25) is 13.9 Å². The second kappa shape index (κ2) is 3.98. The van der Waals surface area contributed by atoms with Crippen molar-refractivity contribution in [2.24, 2.45) is 14.1 Å². The van der Waals surface area contributed by atoms with Crippen LogP contribution in [0, 0.1) is 0 Å². The molecular weight excluding hydrogens is 238 g/mol. The molecule has 0 spiro atoms. The van der Waals surface area contributed by atoms with Crippen LogP contribution in [-0.4, -0.2) is 37.5 Å². The lowest BCUT2D eigenvalue weighted by Gasteiger charge is -2.18. The lowest BCUT2D eigenvalue weighted by Crippen LogP contribution is -2.36. The third-order valence-corrected chi connectivity index (χ3v) is 2.98. The fourth-order valence-corrected chi connectivity index (χ4v) is 1.66. The molecule has 0 aliphatic heterocycles. The Labute approximate surface area is 102 Å². The number of imidazole rings is 1. The number of aliphatic hydroxyl groups excluding tert-OH is 1. The number of hydrogen-bond donors (Lipinski definition) is 2. The first kappa shape index (κ1) is 12.4. The van der Waals surface area contributed by atoms with E-state index < -0.39 is 17.5 Å². The molecule has 0 bridgehead atoms. The molecule has 0 radical (unpaired) electrons. The first-order valence-electron chi connectivity index (χ1n) is 5.41. The molecule has 2 N–H and O–H groups in total. The standard InChI is InChI=1S/C10H15N5O3/c1-5(16)13(2)9-11-6-7(12-9)14(3)10(18)15(4)8(6)17/h5,16H,1-4H3,(H,11,12). The summed E-state index contributed by atoms with van der Waals surface area (Å²) < 4.78 is 2.29. The smallest absolute Gasteiger partial charge is 0.332 e. The van der Waals surface area contributed by atoms with E-state index in [0.29, 0.717) is 5.95 Å². The molecule has 1 atom stereocenters. The molecule has 0 saturated carbocycles. The summed E-state index contributed by atoms with van der Waals surface area (Å²) in [5, 5.41) is 9.46. The number of aromatic nitrogens is 4. The first-order valence-corrected chi connectivity index (χ1v) is 5.41. The van der Waals surface area contributed by atoms with Gasteiger partial charge in [0.1, 0.15) is 6.23 Å². The van der Waals surface area contributed by atoms with Crippen LogP contribution in [0.4, 0.5) is 5.95 Å². The zero-order chi connectivity index (χ0) is 13.6. The molecule has 98 valence electrons. The van der Waals surface area contributed by atoms with E-state index in [1.54, 1.807) is 14.0 Å². The molecule has 8 heteroatoms. The summed E-state index contributed by atoms with van der Waals surface area (Å²) in [6, 6.07) is 0. The van der Waals surface area contributed by atoms with E-state index in [1.165, 1.54) is 23.6 Å². The van der Waals surface area contributed by atoms with Crippen molar-refractivity contribution < 1.29 is 5.11 Å². The Morgan fingerprint density at radius 3 is 2.50 bits per heavy atom. The predicted octanol–water partition coefficient (Wildman–Crippen LogP) is -1.27. The maximum atomic E-state index is 11.9. The van der Waals surface area contributed by atoms with Crippen LogP contribution in [0.5, 0.6) is 0 Å². The SMILES string of the molecule is CC(O)N(C)c1nc2c([nH]1)c(=O)n(C)c(=O)n2C. The number of H-pyrrole nitrogens is 1. The van der Waals surface area contributed by atoms with Crippen molar-refractivity contribution in [3.8, 4) is 0 Å². The Morgan fingerprint density at radius 2 is 1.94 bits per heavy atom. The third kappa shape index (κ3) is 1.61. The summed E-state index contributed by atoms with van der Waals surface area (Å²) in [5.74, 6) is 0.332. The monoisotopic (exact) mass is 253 g/mol. The third-order valence-electron chi connectivity index (χ3n) is 2.98. The van der Waals surface area contributed by atoms with E-state index in [0.717, 1.165) is 4.57 Å². The zero-order valence-electron chi connectivity index (χ0n) is 10.6. The molecule has 0 aliphatic rings. The summed E-state index contributed by atoms with van der Waals surface area (Å²) in [5.41, 5.74) is -0.371. The fourth-order valence-electron chi connectivity index (χ4n) is 1.66. The second-order valence-corrected chi connectivity index (χ2v) is 4.21. The van der Waals surface area contributed by atoms with E-state index in [9.17, 15) is 14.7 Å². The molecule has 2 aromatic rings. The van der Waals surface area contributed by atoms with Gasteiger partial charge in [-0.05, 0) is 6.92 Å². The van der Waals surface area contributed by atoms with Crippen molar-refractivity contribution in [3.05, 3.63) is 20.8 Å². The Morgan fingerprint density at radius 1 is 1.33 bits per heavy atom. The van der Waals surface area contributed by atoms with Crippen molar-refractivity contribution in [1.29, 1.82) is 0 Å². The van der Waals surface area contributed by atoms with E-state index in [1.807, 2.05) is 0 Å². The van der Waals surface area contributed by atoms with E-state index in [4.69, 9.17) is 0 Å². The van der Waals surface area contributed by atoms with Crippen molar-refractivity contribution in [2.75, 3.05) is 11.9 Å². The first-order chi connectivity index (χ1) is 8.34. The Bertz CT molecular complexity index is 709. The number of rotatable bonds is 2. The number of anilines is 1. The highest BCUT2D eigenvalue weighted by atomic mass is 16.3. The number of fused-ring (bicyclic) bond motifs is 1. The van der Waals surface area contributed by atoms with Crippen LogP contribution in [0.15, 0.2) is 9.59 Å².